The molecule has 0 fully saturated rings. The summed E-state index contributed by atoms with van der Waals surface area (Å²) in [6.45, 7) is 3.26. The Morgan fingerprint density at radius 2 is 1.81 bits per heavy atom. The van der Waals surface area contributed by atoms with Crippen molar-refractivity contribution < 1.29 is 24.2 Å². The number of ether oxygens (including phenoxy) is 2. The number of aliphatic carboxylic acids is 1. The lowest BCUT2D eigenvalue weighted by Gasteiger charge is -2.21. The molecule has 2 aromatic heterocycles. The van der Waals surface area contributed by atoms with Gasteiger partial charge in [0.15, 0.2) is 0 Å². The van der Waals surface area contributed by atoms with Gasteiger partial charge >= 0.3 is 12.0 Å². The summed E-state index contributed by atoms with van der Waals surface area (Å²) in [7, 11) is 2.98. The number of benzene rings is 2. The van der Waals surface area contributed by atoms with E-state index in [9.17, 15) is 14.7 Å². The third kappa shape index (κ3) is 4.48. The standard InChI is InChI=1S/C26H25N5O5/c1-26(2,24(33)34)15-6-5-7-16(11-15)30-21-17-9-8-14(10-20(17)28-13-19(21)22(27)32)18-12-29-25(36-4)31-23(18)35-3/h5-13H,1-4H3,(H2,27,32)(H,28,30)(H,33,34). The molecule has 10 heteroatoms. The molecule has 4 N–H and O–H groups in total. The molecule has 0 saturated carbocycles. The fraction of sp³-hybridized carbons (Fsp3) is 0.192. The maximum absolute atomic E-state index is 12.2. The smallest absolute Gasteiger partial charge is 0.319 e. The number of anilines is 2. The number of nitrogens with two attached hydrogens (primary N) is 1. The molecule has 4 rings (SSSR count). The first-order valence-electron chi connectivity index (χ1n) is 10.9. The van der Waals surface area contributed by atoms with E-state index in [2.05, 4.69) is 20.3 Å². The van der Waals surface area contributed by atoms with Gasteiger partial charge in [-0.25, -0.2) is 4.98 Å². The lowest BCUT2D eigenvalue weighted by atomic mass is 9.84. The van der Waals surface area contributed by atoms with E-state index in [0.29, 0.717) is 39.3 Å². The second kappa shape index (κ2) is 9.49. The number of carboxylic acids is 1. The molecule has 0 aliphatic rings. The number of hydrogen-bond acceptors (Lipinski definition) is 8. The summed E-state index contributed by atoms with van der Waals surface area (Å²) in [5, 5.41) is 13.5. The molecule has 10 nitrogen and oxygen atoms in total. The first-order chi connectivity index (χ1) is 17.1. The second-order valence-electron chi connectivity index (χ2n) is 8.56. The number of nitrogens with one attached hydrogen (secondary N) is 1. The average Bonchev–Trinajstić information content (AvgIpc) is 2.88. The van der Waals surface area contributed by atoms with E-state index >= 15 is 0 Å². The van der Waals surface area contributed by atoms with Crippen LogP contribution in [-0.4, -0.2) is 46.2 Å². The van der Waals surface area contributed by atoms with Gasteiger partial charge in [-0.3, -0.25) is 14.6 Å². The Hall–Kier alpha value is -4.73. The van der Waals surface area contributed by atoms with Crippen molar-refractivity contribution in [2.45, 2.75) is 19.3 Å². The van der Waals surface area contributed by atoms with Crippen molar-refractivity contribution in [2.75, 3.05) is 19.5 Å². The molecular formula is C26H25N5O5. The average molecular weight is 488 g/mol. The van der Waals surface area contributed by atoms with Gasteiger partial charge < -0.3 is 25.6 Å². The first-order valence-corrected chi connectivity index (χ1v) is 10.9. The SMILES string of the molecule is COc1ncc(-c2ccc3c(Nc4cccc(C(C)(C)C(=O)O)c4)c(C(N)=O)cnc3c2)c(OC)n1. The van der Waals surface area contributed by atoms with Gasteiger partial charge in [0.1, 0.15) is 0 Å². The van der Waals surface area contributed by atoms with Crippen LogP contribution in [0.3, 0.4) is 0 Å². The molecule has 36 heavy (non-hydrogen) atoms. The molecule has 1 amide bonds. The highest BCUT2D eigenvalue weighted by atomic mass is 16.5. The minimum atomic E-state index is -1.10. The molecule has 0 saturated heterocycles. The van der Waals surface area contributed by atoms with E-state index in [4.69, 9.17) is 15.2 Å². The zero-order valence-electron chi connectivity index (χ0n) is 20.2. The van der Waals surface area contributed by atoms with Crippen molar-refractivity contribution >= 4 is 34.2 Å². The lowest BCUT2D eigenvalue weighted by molar-refractivity contribution is -0.142. The molecule has 2 heterocycles. The first kappa shape index (κ1) is 24.4. The number of hydrogen-bond donors (Lipinski definition) is 3. The molecule has 2 aromatic carbocycles. The summed E-state index contributed by atoms with van der Waals surface area (Å²) in [4.78, 5) is 36.8. The molecule has 0 bridgehead atoms. The number of amides is 1. The molecule has 4 aromatic rings. The van der Waals surface area contributed by atoms with Gasteiger partial charge in [-0.2, -0.15) is 4.98 Å². The van der Waals surface area contributed by atoms with E-state index in [-0.39, 0.29) is 11.6 Å². The summed E-state index contributed by atoms with van der Waals surface area (Å²) in [5.41, 5.74) is 8.38. The number of rotatable bonds is 8. The van der Waals surface area contributed by atoms with E-state index in [1.165, 1.54) is 20.4 Å². The molecule has 0 radical (unpaired) electrons. The van der Waals surface area contributed by atoms with Crippen LogP contribution in [0.1, 0.15) is 29.8 Å². The maximum Gasteiger partial charge on any atom is 0.319 e. The van der Waals surface area contributed by atoms with Crippen molar-refractivity contribution in [3.05, 3.63) is 66.0 Å². The van der Waals surface area contributed by atoms with Crippen molar-refractivity contribution in [2.24, 2.45) is 5.73 Å². The summed E-state index contributed by atoms with van der Waals surface area (Å²) < 4.78 is 10.5. The fourth-order valence-electron chi connectivity index (χ4n) is 3.74. The van der Waals surface area contributed by atoms with E-state index in [1.54, 1.807) is 50.4 Å². The van der Waals surface area contributed by atoms with Crippen LogP contribution >= 0.6 is 0 Å². The van der Waals surface area contributed by atoms with E-state index in [1.807, 2.05) is 12.1 Å². The molecule has 0 unspecified atom stereocenters. The Kier molecular flexibility index (Phi) is 6.43. The Balaban J connectivity index is 1.82. The van der Waals surface area contributed by atoms with Crippen LogP contribution in [0, 0.1) is 0 Å². The zero-order chi connectivity index (χ0) is 26.0. The predicted octanol–water partition coefficient (Wildman–Crippen LogP) is 3.91. The lowest BCUT2D eigenvalue weighted by Crippen LogP contribution is -2.28. The van der Waals surface area contributed by atoms with Gasteiger partial charge in [0.05, 0.1) is 42.0 Å². The zero-order valence-corrected chi connectivity index (χ0v) is 20.2. The molecule has 184 valence electrons. The quantitative estimate of drug-likeness (QED) is 0.336. The van der Waals surface area contributed by atoms with Crippen LogP contribution in [0.4, 0.5) is 11.4 Å². The minimum Gasteiger partial charge on any atom is -0.481 e. The largest absolute Gasteiger partial charge is 0.481 e. The fourth-order valence-corrected chi connectivity index (χ4v) is 3.74. The molecule has 0 spiro atoms. The Labute approximate surface area is 207 Å². The summed E-state index contributed by atoms with van der Waals surface area (Å²) in [6, 6.07) is 12.7. The highest BCUT2D eigenvalue weighted by Gasteiger charge is 2.29. The number of carbonyl (C=O) groups is 2. The van der Waals surface area contributed by atoms with Crippen LogP contribution in [-0.2, 0) is 10.2 Å². The third-order valence-corrected chi connectivity index (χ3v) is 5.94. The van der Waals surface area contributed by atoms with Crippen molar-refractivity contribution in [3.63, 3.8) is 0 Å². The topological polar surface area (TPSA) is 150 Å². The van der Waals surface area contributed by atoms with Crippen LogP contribution < -0.4 is 20.5 Å². The van der Waals surface area contributed by atoms with Crippen molar-refractivity contribution in [3.8, 4) is 23.0 Å². The van der Waals surface area contributed by atoms with Crippen LogP contribution in [0.25, 0.3) is 22.0 Å². The van der Waals surface area contributed by atoms with Crippen LogP contribution in [0.5, 0.6) is 11.9 Å². The van der Waals surface area contributed by atoms with Gasteiger partial charge in [0.25, 0.3) is 5.91 Å². The number of carboxylic acid groups (broad SMARTS) is 1. The normalized spacial score (nSPS) is 11.2. The monoisotopic (exact) mass is 487 g/mol. The van der Waals surface area contributed by atoms with Crippen LogP contribution in [0.15, 0.2) is 54.9 Å². The maximum atomic E-state index is 12.2. The Morgan fingerprint density at radius 1 is 1.03 bits per heavy atom. The van der Waals surface area contributed by atoms with Gasteiger partial charge in [0.2, 0.25) is 5.88 Å². The number of pyridine rings is 1. The Bertz CT molecular complexity index is 1490. The van der Waals surface area contributed by atoms with Crippen LogP contribution in [0.2, 0.25) is 0 Å². The van der Waals surface area contributed by atoms with E-state index < -0.39 is 17.3 Å². The van der Waals surface area contributed by atoms with Crippen molar-refractivity contribution in [1.29, 1.82) is 0 Å². The number of carbonyl (C=O) groups excluding carboxylic acids is 1. The van der Waals surface area contributed by atoms with Crippen molar-refractivity contribution in [1.82, 2.24) is 15.0 Å². The summed E-state index contributed by atoms with van der Waals surface area (Å²) in [5.74, 6) is -1.26. The molecular weight excluding hydrogens is 462 g/mol. The highest BCUT2D eigenvalue weighted by Crippen LogP contribution is 2.35. The Morgan fingerprint density at radius 3 is 2.47 bits per heavy atom. The second-order valence-corrected chi connectivity index (χ2v) is 8.56. The van der Waals surface area contributed by atoms with E-state index in [0.717, 1.165) is 5.56 Å². The minimum absolute atomic E-state index is 0.181. The molecule has 0 atom stereocenters. The highest BCUT2D eigenvalue weighted by molar-refractivity contribution is 6.08. The number of aromatic nitrogens is 3. The van der Waals surface area contributed by atoms with Gasteiger partial charge in [0, 0.05) is 23.5 Å². The molecule has 0 aliphatic carbocycles. The number of methoxy groups -OCH3 is 2. The van der Waals surface area contributed by atoms with Gasteiger partial charge in [-0.15, -0.1) is 0 Å². The molecule has 0 aliphatic heterocycles. The number of primary amides is 1. The van der Waals surface area contributed by atoms with Gasteiger partial charge in [-0.05, 0) is 43.2 Å². The summed E-state index contributed by atoms with van der Waals surface area (Å²) in [6.07, 6.45) is 3.00. The third-order valence-electron chi connectivity index (χ3n) is 5.94. The predicted molar refractivity (Wildman–Crippen MR) is 135 cm³/mol. The van der Waals surface area contributed by atoms with Gasteiger partial charge in [-0.1, -0.05) is 24.3 Å². The summed E-state index contributed by atoms with van der Waals surface area (Å²) >= 11 is 0. The number of fused-ring (bicyclic) bond motifs is 1. The number of nitrogens with zero attached hydrogens (tertiary/aromatic N) is 3.